The van der Waals surface area contributed by atoms with Gasteiger partial charge in [0.2, 0.25) is 5.91 Å². The highest BCUT2D eigenvalue weighted by atomic mass is 16.6. The van der Waals surface area contributed by atoms with Crippen LogP contribution in [0.4, 0.5) is 5.69 Å². The van der Waals surface area contributed by atoms with Gasteiger partial charge in [0.15, 0.2) is 0 Å². The Morgan fingerprint density at radius 3 is 2.67 bits per heavy atom. The summed E-state index contributed by atoms with van der Waals surface area (Å²) in [7, 11) is 0. The van der Waals surface area contributed by atoms with E-state index in [0.29, 0.717) is 24.5 Å². The molecular weight excluding hydrogens is 312 g/mol. The van der Waals surface area contributed by atoms with E-state index in [0.717, 1.165) is 6.42 Å². The summed E-state index contributed by atoms with van der Waals surface area (Å²) in [5.41, 5.74) is 0.793. The van der Waals surface area contributed by atoms with Crippen LogP contribution in [0.1, 0.15) is 45.0 Å². The minimum absolute atomic E-state index is 0.0232. The molecule has 0 unspecified atom stereocenters. The van der Waals surface area contributed by atoms with Crippen molar-refractivity contribution in [2.24, 2.45) is 5.41 Å². The van der Waals surface area contributed by atoms with Crippen molar-refractivity contribution in [3.05, 3.63) is 21.5 Å². The lowest BCUT2D eigenvalue weighted by Crippen LogP contribution is -2.62. The highest BCUT2D eigenvalue weighted by Crippen LogP contribution is 2.42. The first-order valence-corrected chi connectivity index (χ1v) is 8.27. The van der Waals surface area contributed by atoms with Crippen molar-refractivity contribution in [2.45, 2.75) is 66.2 Å². The van der Waals surface area contributed by atoms with Crippen molar-refractivity contribution in [1.29, 1.82) is 0 Å². The third-order valence-corrected chi connectivity index (χ3v) is 4.96. The maximum atomic E-state index is 12.2. The molecule has 1 heterocycles. The van der Waals surface area contributed by atoms with Crippen molar-refractivity contribution >= 4 is 11.6 Å². The molecular formula is C16H26N4O4. The first-order valence-electron chi connectivity index (χ1n) is 8.27. The van der Waals surface area contributed by atoms with Crippen LogP contribution in [0.15, 0.2) is 0 Å². The smallest absolute Gasteiger partial charge is 0.312 e. The molecule has 2 rings (SSSR count). The Morgan fingerprint density at radius 1 is 1.50 bits per heavy atom. The second-order valence-electron chi connectivity index (χ2n) is 6.87. The molecule has 0 spiro atoms. The van der Waals surface area contributed by atoms with E-state index < -0.39 is 4.92 Å². The van der Waals surface area contributed by atoms with Gasteiger partial charge in [-0.25, -0.2) is 0 Å². The number of carbonyl (C=O) groups excluding carboxylic acids is 1. The number of aryl methyl sites for hydroxylation is 2. The van der Waals surface area contributed by atoms with E-state index in [4.69, 9.17) is 4.74 Å². The van der Waals surface area contributed by atoms with Gasteiger partial charge in [-0.05, 0) is 27.2 Å². The van der Waals surface area contributed by atoms with Crippen LogP contribution in [-0.4, -0.2) is 39.4 Å². The zero-order valence-electron chi connectivity index (χ0n) is 15.0. The van der Waals surface area contributed by atoms with Crippen LogP contribution < -0.4 is 5.32 Å². The van der Waals surface area contributed by atoms with Gasteiger partial charge in [-0.3, -0.25) is 19.6 Å². The van der Waals surface area contributed by atoms with Gasteiger partial charge in [0.1, 0.15) is 11.4 Å². The molecule has 1 aliphatic rings. The first kappa shape index (κ1) is 18.4. The van der Waals surface area contributed by atoms with Crippen LogP contribution in [0, 0.1) is 29.4 Å². The van der Waals surface area contributed by atoms with E-state index in [9.17, 15) is 14.9 Å². The lowest BCUT2D eigenvalue weighted by molar-refractivity contribution is -0.386. The maximum Gasteiger partial charge on any atom is 0.312 e. The van der Waals surface area contributed by atoms with Gasteiger partial charge < -0.3 is 10.1 Å². The van der Waals surface area contributed by atoms with Gasteiger partial charge in [-0.15, -0.1) is 0 Å². The SMILES string of the molecule is CCO[C@H]1C[C@H](NC(=O)CCn2nc(C)c([N+](=O)[O-])c2C)C1(C)C. The molecule has 1 saturated carbocycles. The number of carbonyl (C=O) groups is 1. The Labute approximate surface area is 141 Å². The average Bonchev–Trinajstić information content (AvgIpc) is 2.78. The maximum absolute atomic E-state index is 12.2. The fraction of sp³-hybridized carbons (Fsp3) is 0.750. The summed E-state index contributed by atoms with van der Waals surface area (Å²) in [6.45, 7) is 10.4. The molecule has 1 aromatic heterocycles. The van der Waals surface area contributed by atoms with Crippen LogP contribution >= 0.6 is 0 Å². The van der Waals surface area contributed by atoms with Crippen LogP contribution in [-0.2, 0) is 16.1 Å². The Bertz CT molecular complexity index is 638. The van der Waals surface area contributed by atoms with Crippen molar-refractivity contribution < 1.29 is 14.5 Å². The molecule has 134 valence electrons. The lowest BCUT2D eigenvalue weighted by Gasteiger charge is -2.51. The number of hydrogen-bond donors (Lipinski definition) is 1. The zero-order valence-corrected chi connectivity index (χ0v) is 15.0. The predicted octanol–water partition coefficient (Wildman–Crippen LogP) is 2.12. The normalized spacial score (nSPS) is 22.0. The van der Waals surface area contributed by atoms with Crippen molar-refractivity contribution in [1.82, 2.24) is 15.1 Å². The van der Waals surface area contributed by atoms with Crippen LogP contribution in [0.5, 0.6) is 0 Å². The van der Waals surface area contributed by atoms with Crippen LogP contribution in [0.25, 0.3) is 0 Å². The Kier molecular flexibility index (Phi) is 5.27. The molecule has 1 aromatic rings. The standard InChI is InChI=1S/C16H26N4O4/c1-6-24-13-9-12(16(13,4)5)17-14(21)7-8-19-11(3)15(20(22)23)10(2)18-19/h12-13H,6-9H2,1-5H3,(H,17,21)/t12-,13-/m0/s1. The molecule has 1 amide bonds. The highest BCUT2D eigenvalue weighted by molar-refractivity contribution is 5.76. The number of nitrogens with one attached hydrogen (secondary N) is 1. The van der Waals surface area contributed by atoms with E-state index in [-0.39, 0.29) is 35.6 Å². The lowest BCUT2D eigenvalue weighted by atomic mass is 9.64. The Morgan fingerprint density at radius 2 is 2.17 bits per heavy atom. The molecule has 0 aliphatic heterocycles. The number of hydrogen-bond acceptors (Lipinski definition) is 5. The summed E-state index contributed by atoms with van der Waals surface area (Å²) in [5, 5.41) is 18.2. The minimum atomic E-state index is -0.432. The van der Waals surface area contributed by atoms with E-state index in [2.05, 4.69) is 24.3 Å². The summed E-state index contributed by atoms with van der Waals surface area (Å²) >= 11 is 0. The molecule has 0 saturated heterocycles. The van der Waals surface area contributed by atoms with Crippen molar-refractivity contribution in [2.75, 3.05) is 6.61 Å². The van der Waals surface area contributed by atoms with E-state index in [1.54, 1.807) is 13.8 Å². The van der Waals surface area contributed by atoms with Gasteiger partial charge in [0.05, 0.1) is 17.6 Å². The number of nitrogens with zero attached hydrogens (tertiary/aromatic N) is 3. The second kappa shape index (κ2) is 6.88. The van der Waals surface area contributed by atoms with Crippen LogP contribution in [0.3, 0.4) is 0 Å². The molecule has 8 heteroatoms. The summed E-state index contributed by atoms with van der Waals surface area (Å²) in [6, 6.07) is 0.0938. The molecule has 1 fully saturated rings. The zero-order chi connectivity index (χ0) is 18.1. The third kappa shape index (κ3) is 3.43. The predicted molar refractivity (Wildman–Crippen MR) is 88.7 cm³/mol. The summed E-state index contributed by atoms with van der Waals surface area (Å²) in [4.78, 5) is 22.8. The molecule has 1 N–H and O–H groups in total. The second-order valence-corrected chi connectivity index (χ2v) is 6.87. The number of rotatable bonds is 7. The Hall–Kier alpha value is -1.96. The molecule has 0 bridgehead atoms. The summed E-state index contributed by atoms with van der Waals surface area (Å²) in [6.07, 6.45) is 1.23. The van der Waals surface area contributed by atoms with Gasteiger partial charge in [0.25, 0.3) is 0 Å². The molecule has 8 nitrogen and oxygen atoms in total. The number of nitro groups is 1. The average molecular weight is 338 g/mol. The van der Waals surface area contributed by atoms with Crippen LogP contribution in [0.2, 0.25) is 0 Å². The highest BCUT2D eigenvalue weighted by Gasteiger charge is 2.49. The Balaban J connectivity index is 1.89. The van der Waals surface area contributed by atoms with Gasteiger partial charge in [-0.2, -0.15) is 5.10 Å². The summed E-state index contributed by atoms with van der Waals surface area (Å²) < 4.78 is 7.19. The minimum Gasteiger partial charge on any atom is -0.378 e. The fourth-order valence-electron chi connectivity index (χ4n) is 3.26. The first-order chi connectivity index (χ1) is 11.2. The van der Waals surface area contributed by atoms with Gasteiger partial charge in [-0.1, -0.05) is 13.8 Å². The van der Waals surface area contributed by atoms with Crippen molar-refractivity contribution in [3.63, 3.8) is 0 Å². The van der Waals surface area contributed by atoms with E-state index >= 15 is 0 Å². The molecule has 0 aromatic carbocycles. The molecule has 2 atom stereocenters. The topological polar surface area (TPSA) is 99.3 Å². The van der Waals surface area contributed by atoms with Crippen molar-refractivity contribution in [3.8, 4) is 0 Å². The largest absolute Gasteiger partial charge is 0.378 e. The number of ether oxygens (including phenoxy) is 1. The molecule has 0 radical (unpaired) electrons. The molecule has 1 aliphatic carbocycles. The third-order valence-electron chi connectivity index (χ3n) is 4.96. The summed E-state index contributed by atoms with van der Waals surface area (Å²) in [5.74, 6) is -0.0711. The molecule has 24 heavy (non-hydrogen) atoms. The number of aromatic nitrogens is 2. The van der Waals surface area contributed by atoms with E-state index in [1.165, 1.54) is 4.68 Å². The van der Waals surface area contributed by atoms with Gasteiger partial charge >= 0.3 is 5.69 Å². The van der Waals surface area contributed by atoms with E-state index in [1.807, 2.05) is 6.92 Å². The fourth-order valence-corrected chi connectivity index (χ4v) is 3.26. The quantitative estimate of drug-likeness (QED) is 0.606. The van der Waals surface area contributed by atoms with Gasteiger partial charge in [0, 0.05) is 24.5 Å². The monoisotopic (exact) mass is 338 g/mol. The number of amides is 1.